The number of amides is 2. The van der Waals surface area contributed by atoms with E-state index in [1.54, 1.807) is 49.4 Å². The highest BCUT2D eigenvalue weighted by atomic mass is 32.2. The van der Waals surface area contributed by atoms with E-state index < -0.39 is 28.5 Å². The number of likely N-dealkylation sites (N-methyl/N-ethyl adjacent to an activating group) is 1. The van der Waals surface area contributed by atoms with E-state index in [1.165, 1.54) is 31.2 Å². The Morgan fingerprint density at radius 1 is 0.944 bits per heavy atom. The van der Waals surface area contributed by atoms with Crippen LogP contribution >= 0.6 is 0 Å². The van der Waals surface area contributed by atoms with Crippen molar-refractivity contribution in [3.05, 3.63) is 90.5 Å². The predicted molar refractivity (Wildman–Crippen MR) is 139 cm³/mol. The maximum Gasteiger partial charge on any atom is 0.264 e. The number of rotatable bonds is 11. The van der Waals surface area contributed by atoms with Gasteiger partial charge in [-0.15, -0.1) is 0 Å². The van der Waals surface area contributed by atoms with Gasteiger partial charge in [0.15, 0.2) is 0 Å². The number of hydrogen-bond donors (Lipinski definition) is 1. The molecule has 0 aliphatic heterocycles. The molecule has 3 aromatic rings. The summed E-state index contributed by atoms with van der Waals surface area (Å²) in [6.45, 7) is 1.39. The molecule has 0 spiro atoms. The second kappa shape index (κ2) is 12.2. The van der Waals surface area contributed by atoms with E-state index in [0.717, 1.165) is 9.87 Å². The fourth-order valence-corrected chi connectivity index (χ4v) is 5.22. The monoisotopic (exact) mass is 509 g/mol. The standard InChI is InChI=1S/C27H31N3O5S/c1-21(27(32)28-2)29(18-17-22-11-6-4-7-12-22)26(31)20-30(23-13-10-14-24(19-23)35-3)36(33,34)25-15-8-5-9-16-25/h4-16,19,21H,17-18,20H2,1-3H3,(H,28,32)/t21-/m1/s1. The lowest BCUT2D eigenvalue weighted by Gasteiger charge is -2.31. The Morgan fingerprint density at radius 3 is 2.19 bits per heavy atom. The second-order valence-electron chi connectivity index (χ2n) is 8.14. The number of sulfonamides is 1. The normalized spacial score (nSPS) is 11.9. The predicted octanol–water partition coefficient (Wildman–Crippen LogP) is 3.10. The Hall–Kier alpha value is -3.85. The summed E-state index contributed by atoms with van der Waals surface area (Å²) in [6.07, 6.45) is 0.512. The van der Waals surface area contributed by atoms with Crippen molar-refractivity contribution in [2.45, 2.75) is 24.3 Å². The number of anilines is 1. The van der Waals surface area contributed by atoms with Crippen LogP contribution in [0.1, 0.15) is 12.5 Å². The summed E-state index contributed by atoms with van der Waals surface area (Å²) >= 11 is 0. The minimum absolute atomic E-state index is 0.0517. The van der Waals surface area contributed by atoms with Gasteiger partial charge in [-0.2, -0.15) is 0 Å². The van der Waals surface area contributed by atoms with Crippen molar-refractivity contribution in [2.24, 2.45) is 0 Å². The Morgan fingerprint density at radius 2 is 1.58 bits per heavy atom. The van der Waals surface area contributed by atoms with Crippen molar-refractivity contribution in [3.63, 3.8) is 0 Å². The number of nitrogens with zero attached hydrogens (tertiary/aromatic N) is 2. The van der Waals surface area contributed by atoms with E-state index in [1.807, 2.05) is 30.3 Å². The summed E-state index contributed by atoms with van der Waals surface area (Å²) < 4.78 is 33.7. The molecule has 3 rings (SSSR count). The second-order valence-corrected chi connectivity index (χ2v) is 10.0. The smallest absolute Gasteiger partial charge is 0.264 e. The lowest BCUT2D eigenvalue weighted by Crippen LogP contribution is -2.51. The molecule has 0 saturated heterocycles. The molecule has 0 aliphatic rings. The first-order valence-corrected chi connectivity index (χ1v) is 13.0. The SMILES string of the molecule is CNC(=O)[C@@H](C)N(CCc1ccccc1)C(=O)CN(c1cccc(OC)c1)S(=O)(=O)c1ccccc1. The molecule has 0 fully saturated rings. The molecule has 2 amide bonds. The molecular weight excluding hydrogens is 478 g/mol. The molecule has 1 N–H and O–H groups in total. The number of carbonyl (C=O) groups is 2. The van der Waals surface area contributed by atoms with Gasteiger partial charge < -0.3 is 15.0 Å². The van der Waals surface area contributed by atoms with Gasteiger partial charge in [0.2, 0.25) is 11.8 Å². The molecule has 1 atom stereocenters. The van der Waals surface area contributed by atoms with Crippen LogP contribution in [0.15, 0.2) is 89.8 Å². The summed E-state index contributed by atoms with van der Waals surface area (Å²) in [6, 6.07) is 23.2. The third-order valence-electron chi connectivity index (χ3n) is 5.85. The summed E-state index contributed by atoms with van der Waals surface area (Å²) in [5, 5.41) is 2.57. The highest BCUT2D eigenvalue weighted by molar-refractivity contribution is 7.92. The van der Waals surface area contributed by atoms with Gasteiger partial charge in [0.05, 0.1) is 17.7 Å². The average Bonchev–Trinajstić information content (AvgIpc) is 2.92. The molecule has 36 heavy (non-hydrogen) atoms. The number of benzene rings is 3. The number of carbonyl (C=O) groups excluding carboxylic acids is 2. The van der Waals surface area contributed by atoms with Gasteiger partial charge in [-0.25, -0.2) is 8.42 Å². The summed E-state index contributed by atoms with van der Waals surface area (Å²) in [5.41, 5.74) is 1.28. The van der Waals surface area contributed by atoms with Gasteiger partial charge in [0.1, 0.15) is 18.3 Å². The number of hydrogen-bond acceptors (Lipinski definition) is 5. The van der Waals surface area contributed by atoms with E-state index in [0.29, 0.717) is 12.2 Å². The summed E-state index contributed by atoms with van der Waals surface area (Å²) in [4.78, 5) is 27.6. The van der Waals surface area contributed by atoms with Crippen LogP contribution in [-0.4, -0.2) is 58.4 Å². The Bertz CT molecular complexity index is 1270. The van der Waals surface area contributed by atoms with Crippen molar-refractivity contribution < 1.29 is 22.7 Å². The van der Waals surface area contributed by atoms with Crippen LogP contribution in [0, 0.1) is 0 Å². The van der Waals surface area contributed by atoms with Crippen LogP contribution in [0.3, 0.4) is 0 Å². The van der Waals surface area contributed by atoms with Crippen molar-refractivity contribution >= 4 is 27.5 Å². The molecule has 9 heteroatoms. The molecule has 0 aromatic heterocycles. The van der Waals surface area contributed by atoms with Gasteiger partial charge in [0, 0.05) is 19.7 Å². The molecule has 0 saturated carbocycles. The van der Waals surface area contributed by atoms with Gasteiger partial charge >= 0.3 is 0 Å². The minimum Gasteiger partial charge on any atom is -0.497 e. The first-order valence-electron chi connectivity index (χ1n) is 11.5. The largest absolute Gasteiger partial charge is 0.497 e. The van der Waals surface area contributed by atoms with E-state index in [2.05, 4.69) is 5.32 Å². The molecule has 0 heterocycles. The summed E-state index contributed by atoms with van der Waals surface area (Å²) in [5.74, 6) is -0.382. The first kappa shape index (κ1) is 26.7. The molecule has 0 radical (unpaired) electrons. The van der Waals surface area contributed by atoms with Crippen LogP contribution in [0.2, 0.25) is 0 Å². The molecular formula is C27H31N3O5S. The molecule has 8 nitrogen and oxygen atoms in total. The number of ether oxygens (including phenoxy) is 1. The Labute approximate surface area is 212 Å². The van der Waals surface area contributed by atoms with Gasteiger partial charge in [-0.1, -0.05) is 54.6 Å². The topological polar surface area (TPSA) is 96.0 Å². The van der Waals surface area contributed by atoms with E-state index in [4.69, 9.17) is 4.74 Å². The van der Waals surface area contributed by atoms with Crippen molar-refractivity contribution in [1.29, 1.82) is 0 Å². The van der Waals surface area contributed by atoms with Crippen LogP contribution in [0.5, 0.6) is 5.75 Å². The van der Waals surface area contributed by atoms with Crippen LogP contribution in [0.25, 0.3) is 0 Å². The third-order valence-corrected chi connectivity index (χ3v) is 7.64. The highest BCUT2D eigenvalue weighted by Gasteiger charge is 2.32. The number of methoxy groups -OCH3 is 1. The van der Waals surface area contributed by atoms with Gasteiger partial charge in [-0.05, 0) is 43.2 Å². The van der Waals surface area contributed by atoms with Crippen molar-refractivity contribution in [1.82, 2.24) is 10.2 Å². The van der Waals surface area contributed by atoms with Crippen LogP contribution in [-0.2, 0) is 26.0 Å². The summed E-state index contributed by atoms with van der Waals surface area (Å²) in [7, 11) is -1.11. The third kappa shape index (κ3) is 6.42. The van der Waals surface area contributed by atoms with Crippen LogP contribution < -0.4 is 14.4 Å². The fraction of sp³-hybridized carbons (Fsp3) is 0.259. The van der Waals surface area contributed by atoms with Crippen molar-refractivity contribution in [2.75, 3.05) is 31.6 Å². The maximum atomic E-state index is 13.7. The zero-order chi connectivity index (χ0) is 26.1. The van der Waals surface area contributed by atoms with E-state index in [9.17, 15) is 18.0 Å². The molecule has 3 aromatic carbocycles. The Kier molecular flexibility index (Phi) is 9.08. The molecule has 190 valence electrons. The quantitative estimate of drug-likeness (QED) is 0.429. The van der Waals surface area contributed by atoms with Crippen molar-refractivity contribution in [3.8, 4) is 5.75 Å². The fourth-order valence-electron chi connectivity index (χ4n) is 3.79. The minimum atomic E-state index is -4.10. The lowest BCUT2D eigenvalue weighted by atomic mass is 10.1. The van der Waals surface area contributed by atoms with E-state index in [-0.39, 0.29) is 23.0 Å². The van der Waals surface area contributed by atoms with Gasteiger partial charge in [-0.3, -0.25) is 13.9 Å². The average molecular weight is 510 g/mol. The highest BCUT2D eigenvalue weighted by Crippen LogP contribution is 2.27. The lowest BCUT2D eigenvalue weighted by molar-refractivity contribution is -0.138. The molecule has 0 bridgehead atoms. The zero-order valence-electron chi connectivity index (χ0n) is 20.6. The zero-order valence-corrected chi connectivity index (χ0v) is 21.4. The van der Waals surface area contributed by atoms with Gasteiger partial charge in [0.25, 0.3) is 10.0 Å². The molecule has 0 unspecified atom stereocenters. The van der Waals surface area contributed by atoms with Crippen LogP contribution in [0.4, 0.5) is 5.69 Å². The van der Waals surface area contributed by atoms with E-state index >= 15 is 0 Å². The Balaban J connectivity index is 1.98. The number of nitrogens with one attached hydrogen (secondary N) is 1. The first-order chi connectivity index (χ1) is 17.3. The molecule has 0 aliphatic carbocycles. The maximum absolute atomic E-state index is 13.7.